The van der Waals surface area contributed by atoms with E-state index in [0.29, 0.717) is 11.4 Å². The van der Waals surface area contributed by atoms with Crippen LogP contribution >= 0.6 is 11.8 Å². The minimum Gasteiger partial charge on any atom is -0.490 e. The normalized spacial score (nSPS) is 14.6. The van der Waals surface area contributed by atoms with Crippen LogP contribution in [0.1, 0.15) is 25.7 Å². The summed E-state index contributed by atoms with van der Waals surface area (Å²) in [5.74, 6) is 0.0565. The Morgan fingerprint density at radius 2 is 1.69 bits per heavy atom. The largest absolute Gasteiger partial charge is 0.490 e. The van der Waals surface area contributed by atoms with Gasteiger partial charge in [-0.05, 0) is 80.5 Å². The average Bonchev–Trinajstić information content (AvgIpc) is 3.25. The third-order valence-electron chi connectivity index (χ3n) is 4.88. The highest BCUT2D eigenvalue weighted by molar-refractivity contribution is 7.98. The number of carbonyl (C=O) groups is 1. The first kappa shape index (κ1) is 21.5. The zero-order valence-corrected chi connectivity index (χ0v) is 18.2. The summed E-state index contributed by atoms with van der Waals surface area (Å²) in [6.45, 7) is -0.411. The van der Waals surface area contributed by atoms with Crippen LogP contribution in [0.25, 0.3) is 0 Å². The summed E-state index contributed by atoms with van der Waals surface area (Å²) in [5.41, 5.74) is 0.378. The predicted octanol–water partition coefficient (Wildman–Crippen LogP) is 4.10. The smallest absolute Gasteiger partial charge is 0.326 e. The molecule has 1 aliphatic carbocycles. The van der Waals surface area contributed by atoms with E-state index in [0.717, 1.165) is 22.0 Å². The fourth-order valence-electron chi connectivity index (χ4n) is 3.26. The Morgan fingerprint density at radius 1 is 1.07 bits per heavy atom. The fourth-order valence-corrected chi connectivity index (χ4v) is 5.08. The summed E-state index contributed by atoms with van der Waals surface area (Å²) in [6, 6.07) is 13.4. The van der Waals surface area contributed by atoms with E-state index in [-0.39, 0.29) is 11.0 Å². The number of thioether (sulfide) groups is 1. The maximum Gasteiger partial charge on any atom is 0.326 e. The van der Waals surface area contributed by atoms with Gasteiger partial charge in [-0.1, -0.05) is 0 Å². The molecule has 0 bridgehead atoms. The molecule has 3 rings (SSSR count). The fraction of sp³-hybridized carbons (Fsp3) is 0.381. The molecule has 0 N–H and O–H groups in total. The molecule has 0 aromatic heterocycles. The minimum absolute atomic E-state index is 0.116. The van der Waals surface area contributed by atoms with Crippen molar-refractivity contribution in [3.8, 4) is 5.75 Å². The first-order chi connectivity index (χ1) is 13.9. The zero-order valence-electron chi connectivity index (χ0n) is 16.5. The average molecular weight is 436 g/mol. The van der Waals surface area contributed by atoms with Crippen molar-refractivity contribution >= 4 is 33.4 Å². The van der Waals surface area contributed by atoms with Crippen LogP contribution in [-0.2, 0) is 19.6 Å². The molecule has 0 spiro atoms. The second-order valence-electron chi connectivity index (χ2n) is 6.78. The molecule has 0 amide bonds. The van der Waals surface area contributed by atoms with E-state index < -0.39 is 22.5 Å². The number of nitrogens with zero attached hydrogens (tertiary/aromatic N) is 1. The minimum atomic E-state index is -3.94. The van der Waals surface area contributed by atoms with Gasteiger partial charge in [-0.2, -0.15) is 0 Å². The molecule has 0 unspecified atom stereocenters. The molecule has 0 aliphatic heterocycles. The van der Waals surface area contributed by atoms with Gasteiger partial charge in [0.05, 0.1) is 23.8 Å². The maximum absolute atomic E-state index is 13.2. The SMILES string of the molecule is COC(=O)CN(c1ccc(OC2CCCC2)cc1)S(=O)(=O)c1ccc(SC)cc1. The Hall–Kier alpha value is -2.19. The number of hydrogen-bond acceptors (Lipinski definition) is 6. The molecule has 1 aliphatic rings. The third kappa shape index (κ3) is 5.25. The Bertz CT molecular complexity index is 921. The number of benzene rings is 2. The van der Waals surface area contributed by atoms with Gasteiger partial charge < -0.3 is 9.47 Å². The lowest BCUT2D eigenvalue weighted by Gasteiger charge is -2.24. The van der Waals surface area contributed by atoms with Crippen molar-refractivity contribution in [1.82, 2.24) is 0 Å². The summed E-state index contributed by atoms with van der Waals surface area (Å²) < 4.78 is 38.2. The molecule has 2 aromatic carbocycles. The van der Waals surface area contributed by atoms with Gasteiger partial charge in [-0.25, -0.2) is 8.42 Å². The van der Waals surface area contributed by atoms with Crippen LogP contribution in [0.5, 0.6) is 5.75 Å². The van der Waals surface area contributed by atoms with E-state index in [1.165, 1.54) is 31.7 Å². The van der Waals surface area contributed by atoms with Crippen LogP contribution in [0.4, 0.5) is 5.69 Å². The van der Waals surface area contributed by atoms with Crippen LogP contribution in [-0.4, -0.2) is 40.4 Å². The Labute approximate surface area is 176 Å². The zero-order chi connectivity index (χ0) is 20.9. The van der Waals surface area contributed by atoms with E-state index in [4.69, 9.17) is 9.47 Å². The second kappa shape index (κ2) is 9.54. The van der Waals surface area contributed by atoms with Gasteiger partial charge in [-0.15, -0.1) is 11.8 Å². The Morgan fingerprint density at radius 3 is 2.24 bits per heavy atom. The van der Waals surface area contributed by atoms with Crippen LogP contribution in [0.15, 0.2) is 58.3 Å². The van der Waals surface area contributed by atoms with Crippen LogP contribution in [0, 0.1) is 0 Å². The molecular formula is C21H25NO5S2. The summed E-state index contributed by atoms with van der Waals surface area (Å²) in [5, 5.41) is 0. The number of esters is 1. The number of hydrogen-bond donors (Lipinski definition) is 0. The van der Waals surface area contributed by atoms with Crippen LogP contribution in [0.2, 0.25) is 0 Å². The first-order valence-corrected chi connectivity index (χ1v) is 12.1. The molecule has 2 aromatic rings. The molecular weight excluding hydrogens is 410 g/mol. The van der Waals surface area contributed by atoms with E-state index in [1.54, 1.807) is 48.5 Å². The van der Waals surface area contributed by atoms with E-state index in [2.05, 4.69) is 0 Å². The summed E-state index contributed by atoms with van der Waals surface area (Å²) in [7, 11) is -2.70. The van der Waals surface area contributed by atoms with Gasteiger partial charge >= 0.3 is 5.97 Å². The lowest BCUT2D eigenvalue weighted by molar-refractivity contribution is -0.138. The molecule has 8 heteroatoms. The Balaban J connectivity index is 1.88. The van der Waals surface area contributed by atoms with Crippen molar-refractivity contribution in [3.63, 3.8) is 0 Å². The summed E-state index contributed by atoms with van der Waals surface area (Å²) in [6.07, 6.45) is 6.55. The quantitative estimate of drug-likeness (QED) is 0.459. The van der Waals surface area contributed by atoms with Gasteiger partial charge in [0.15, 0.2) is 0 Å². The molecule has 156 valence electrons. The van der Waals surface area contributed by atoms with E-state index in [1.807, 2.05) is 6.26 Å². The highest BCUT2D eigenvalue weighted by Gasteiger charge is 2.28. The van der Waals surface area contributed by atoms with Gasteiger partial charge in [0.1, 0.15) is 12.3 Å². The van der Waals surface area contributed by atoms with Crippen molar-refractivity contribution in [2.24, 2.45) is 0 Å². The van der Waals surface area contributed by atoms with Crippen LogP contribution < -0.4 is 9.04 Å². The van der Waals surface area contributed by atoms with Gasteiger partial charge in [0.25, 0.3) is 10.0 Å². The number of methoxy groups -OCH3 is 1. The van der Waals surface area contributed by atoms with Gasteiger partial charge in [0.2, 0.25) is 0 Å². The van der Waals surface area contributed by atoms with Gasteiger partial charge in [-0.3, -0.25) is 9.10 Å². The van der Waals surface area contributed by atoms with E-state index in [9.17, 15) is 13.2 Å². The predicted molar refractivity (Wildman–Crippen MR) is 114 cm³/mol. The van der Waals surface area contributed by atoms with Crippen molar-refractivity contribution in [1.29, 1.82) is 0 Å². The van der Waals surface area contributed by atoms with Crippen molar-refractivity contribution in [2.45, 2.75) is 41.6 Å². The summed E-state index contributed by atoms with van der Waals surface area (Å²) >= 11 is 1.53. The number of ether oxygens (including phenoxy) is 2. The molecule has 1 saturated carbocycles. The number of anilines is 1. The summed E-state index contributed by atoms with van der Waals surface area (Å²) in [4.78, 5) is 13.0. The molecule has 0 heterocycles. The van der Waals surface area contributed by atoms with Crippen molar-refractivity contribution in [3.05, 3.63) is 48.5 Å². The molecule has 0 saturated heterocycles. The topological polar surface area (TPSA) is 72.9 Å². The number of carbonyl (C=O) groups excluding carboxylic acids is 1. The lowest BCUT2D eigenvalue weighted by atomic mass is 10.2. The Kier molecular flexibility index (Phi) is 7.08. The molecule has 29 heavy (non-hydrogen) atoms. The number of sulfonamides is 1. The second-order valence-corrected chi connectivity index (χ2v) is 9.52. The van der Waals surface area contributed by atoms with Gasteiger partial charge in [0, 0.05) is 4.90 Å². The monoisotopic (exact) mass is 435 g/mol. The van der Waals surface area contributed by atoms with E-state index >= 15 is 0 Å². The third-order valence-corrected chi connectivity index (χ3v) is 7.41. The highest BCUT2D eigenvalue weighted by atomic mass is 32.2. The van der Waals surface area contributed by atoms with Crippen LogP contribution in [0.3, 0.4) is 0 Å². The number of rotatable bonds is 8. The van der Waals surface area contributed by atoms with Crippen molar-refractivity contribution in [2.75, 3.05) is 24.2 Å². The molecule has 6 nitrogen and oxygen atoms in total. The molecule has 0 atom stereocenters. The van der Waals surface area contributed by atoms with Crippen molar-refractivity contribution < 1.29 is 22.7 Å². The molecule has 1 fully saturated rings. The highest BCUT2D eigenvalue weighted by Crippen LogP contribution is 2.29. The standard InChI is InChI=1S/C21H25NO5S2/c1-26-21(23)15-22(29(24,25)20-13-11-19(28-2)12-14-20)16-7-9-18(10-8-16)27-17-5-3-4-6-17/h7-14,17H,3-6,15H2,1-2H3. The maximum atomic E-state index is 13.2. The lowest BCUT2D eigenvalue weighted by Crippen LogP contribution is -2.36. The molecule has 0 radical (unpaired) electrons. The first-order valence-electron chi connectivity index (χ1n) is 9.44.